The summed E-state index contributed by atoms with van der Waals surface area (Å²) in [5.74, 6) is 1.87. The van der Waals surface area contributed by atoms with Crippen molar-refractivity contribution in [1.29, 1.82) is 0 Å². The minimum Gasteiger partial charge on any atom is -0.370 e. The zero-order valence-corrected chi connectivity index (χ0v) is 16.2. The first kappa shape index (κ1) is 19.2. The molecule has 1 aromatic carbocycles. The smallest absolute Gasteiger partial charge is 0.270 e. The molecule has 1 atom stereocenters. The summed E-state index contributed by atoms with van der Waals surface area (Å²) in [6.45, 7) is 9.55. The van der Waals surface area contributed by atoms with E-state index in [0.29, 0.717) is 23.3 Å². The number of nitro benzene ring substituents is 1. The van der Waals surface area contributed by atoms with E-state index in [-0.39, 0.29) is 5.69 Å². The Balaban J connectivity index is 1.72. The SMILES string of the molecule is Cc1cc(NCC2CCCN(C(C)C)C2)nc(-c2cccc([N+](=O)[O-])c2)n1. The Morgan fingerprint density at radius 2 is 2.15 bits per heavy atom. The molecule has 3 rings (SSSR count). The van der Waals surface area contributed by atoms with Crippen molar-refractivity contribution in [3.63, 3.8) is 0 Å². The maximum atomic E-state index is 11.0. The number of benzene rings is 1. The minimum absolute atomic E-state index is 0.0445. The molecule has 0 amide bonds. The van der Waals surface area contributed by atoms with E-state index in [9.17, 15) is 10.1 Å². The third-order valence-electron chi connectivity index (χ3n) is 5.02. The molecule has 0 radical (unpaired) electrons. The van der Waals surface area contributed by atoms with Gasteiger partial charge in [0, 0.05) is 48.6 Å². The highest BCUT2D eigenvalue weighted by Crippen LogP contribution is 2.23. The third-order valence-corrected chi connectivity index (χ3v) is 5.02. The highest BCUT2D eigenvalue weighted by molar-refractivity contribution is 5.61. The highest BCUT2D eigenvalue weighted by Gasteiger charge is 2.21. The second kappa shape index (κ2) is 8.43. The number of rotatable bonds is 6. The Morgan fingerprint density at radius 1 is 1.33 bits per heavy atom. The number of hydrogen-bond acceptors (Lipinski definition) is 6. The number of non-ortho nitro benzene ring substituents is 1. The number of piperidine rings is 1. The van der Waals surface area contributed by atoms with Gasteiger partial charge in [0.2, 0.25) is 0 Å². The van der Waals surface area contributed by atoms with E-state index >= 15 is 0 Å². The van der Waals surface area contributed by atoms with Gasteiger partial charge >= 0.3 is 0 Å². The van der Waals surface area contributed by atoms with Gasteiger partial charge in [-0.3, -0.25) is 10.1 Å². The van der Waals surface area contributed by atoms with Gasteiger partial charge in [-0.05, 0) is 46.1 Å². The zero-order valence-electron chi connectivity index (χ0n) is 16.2. The van der Waals surface area contributed by atoms with Crippen LogP contribution in [0.1, 0.15) is 32.4 Å². The number of nitro groups is 1. The fourth-order valence-corrected chi connectivity index (χ4v) is 3.53. The maximum absolute atomic E-state index is 11.0. The van der Waals surface area contributed by atoms with Crippen LogP contribution in [0.2, 0.25) is 0 Å². The fraction of sp³-hybridized carbons (Fsp3) is 0.500. The van der Waals surface area contributed by atoms with Crippen LogP contribution in [0.3, 0.4) is 0 Å². The fourth-order valence-electron chi connectivity index (χ4n) is 3.53. The average molecular weight is 369 g/mol. The number of aromatic nitrogens is 2. The van der Waals surface area contributed by atoms with E-state index in [1.54, 1.807) is 12.1 Å². The van der Waals surface area contributed by atoms with Crippen molar-refractivity contribution in [2.24, 2.45) is 5.92 Å². The Kier molecular flexibility index (Phi) is 6.01. The van der Waals surface area contributed by atoms with Crippen LogP contribution in [0.4, 0.5) is 11.5 Å². The van der Waals surface area contributed by atoms with Crippen LogP contribution in [0, 0.1) is 23.0 Å². The summed E-state index contributed by atoms with van der Waals surface area (Å²) in [5.41, 5.74) is 1.53. The van der Waals surface area contributed by atoms with Crippen LogP contribution < -0.4 is 5.32 Å². The van der Waals surface area contributed by atoms with E-state index in [1.165, 1.54) is 31.5 Å². The average Bonchev–Trinajstić information content (AvgIpc) is 2.66. The molecule has 1 saturated heterocycles. The normalized spacial score (nSPS) is 17.9. The van der Waals surface area contributed by atoms with Crippen molar-refractivity contribution in [3.8, 4) is 11.4 Å². The minimum atomic E-state index is -0.401. The summed E-state index contributed by atoms with van der Waals surface area (Å²) in [6.07, 6.45) is 2.45. The van der Waals surface area contributed by atoms with Crippen molar-refractivity contribution in [1.82, 2.24) is 14.9 Å². The lowest BCUT2D eigenvalue weighted by atomic mass is 9.97. The van der Waals surface area contributed by atoms with Gasteiger partial charge in [0.05, 0.1) is 4.92 Å². The quantitative estimate of drug-likeness (QED) is 0.614. The van der Waals surface area contributed by atoms with Gasteiger partial charge < -0.3 is 10.2 Å². The van der Waals surface area contributed by atoms with Crippen molar-refractivity contribution in [2.45, 2.75) is 39.7 Å². The van der Waals surface area contributed by atoms with Gasteiger partial charge in [0.25, 0.3) is 5.69 Å². The first-order chi connectivity index (χ1) is 12.9. The molecule has 7 heteroatoms. The molecule has 1 N–H and O–H groups in total. The highest BCUT2D eigenvalue weighted by atomic mass is 16.6. The number of anilines is 1. The van der Waals surface area contributed by atoms with Crippen molar-refractivity contribution in [2.75, 3.05) is 25.0 Å². The Bertz CT molecular complexity index is 809. The zero-order chi connectivity index (χ0) is 19.4. The topological polar surface area (TPSA) is 84.2 Å². The first-order valence-electron chi connectivity index (χ1n) is 9.51. The van der Waals surface area contributed by atoms with Crippen LogP contribution in [-0.4, -0.2) is 45.5 Å². The number of nitrogens with one attached hydrogen (secondary N) is 1. The summed E-state index contributed by atoms with van der Waals surface area (Å²) >= 11 is 0. The third kappa shape index (κ3) is 5.01. The molecule has 2 aromatic rings. The lowest BCUT2D eigenvalue weighted by molar-refractivity contribution is -0.384. The van der Waals surface area contributed by atoms with Crippen LogP contribution in [0.25, 0.3) is 11.4 Å². The van der Waals surface area contributed by atoms with E-state index < -0.39 is 4.92 Å². The Hall–Kier alpha value is -2.54. The van der Waals surface area contributed by atoms with Crippen LogP contribution in [0.15, 0.2) is 30.3 Å². The molecule has 0 spiro atoms. The number of likely N-dealkylation sites (tertiary alicyclic amines) is 1. The van der Waals surface area contributed by atoms with Crippen LogP contribution in [0.5, 0.6) is 0 Å². The Labute approximate surface area is 160 Å². The molecule has 1 aromatic heterocycles. The second-order valence-electron chi connectivity index (χ2n) is 7.50. The van der Waals surface area contributed by atoms with Crippen LogP contribution in [-0.2, 0) is 0 Å². The molecule has 2 heterocycles. The standard InChI is InChI=1S/C20H27N5O2/c1-14(2)24-9-5-6-16(13-24)12-21-19-10-15(3)22-20(23-19)17-7-4-8-18(11-17)25(26)27/h4,7-8,10-11,14,16H,5-6,9,12-13H2,1-3H3,(H,21,22,23). The molecule has 1 aliphatic heterocycles. The molecule has 0 saturated carbocycles. The summed E-state index contributed by atoms with van der Waals surface area (Å²) in [6, 6.07) is 8.95. The largest absolute Gasteiger partial charge is 0.370 e. The summed E-state index contributed by atoms with van der Waals surface area (Å²) in [7, 11) is 0. The molecule has 1 unspecified atom stereocenters. The van der Waals surface area contributed by atoms with Gasteiger partial charge in [0.15, 0.2) is 5.82 Å². The predicted octanol–water partition coefficient (Wildman–Crippen LogP) is 3.89. The summed E-state index contributed by atoms with van der Waals surface area (Å²) < 4.78 is 0. The predicted molar refractivity (Wildman–Crippen MR) is 107 cm³/mol. The van der Waals surface area contributed by atoms with Gasteiger partial charge in [0.1, 0.15) is 5.82 Å². The molecular weight excluding hydrogens is 342 g/mol. The molecule has 1 aliphatic rings. The molecule has 0 aliphatic carbocycles. The lowest BCUT2D eigenvalue weighted by Gasteiger charge is -2.35. The molecule has 0 bridgehead atoms. The monoisotopic (exact) mass is 369 g/mol. The van der Waals surface area contributed by atoms with E-state index in [0.717, 1.165) is 24.6 Å². The lowest BCUT2D eigenvalue weighted by Crippen LogP contribution is -2.41. The molecule has 144 valence electrons. The van der Waals surface area contributed by atoms with Gasteiger partial charge in [-0.1, -0.05) is 12.1 Å². The molecule has 27 heavy (non-hydrogen) atoms. The second-order valence-corrected chi connectivity index (χ2v) is 7.50. The summed E-state index contributed by atoms with van der Waals surface area (Å²) in [4.78, 5) is 22.2. The number of aryl methyl sites for hydroxylation is 1. The first-order valence-corrected chi connectivity index (χ1v) is 9.51. The van der Waals surface area contributed by atoms with E-state index in [1.807, 2.05) is 13.0 Å². The molecule has 7 nitrogen and oxygen atoms in total. The van der Waals surface area contributed by atoms with E-state index in [4.69, 9.17) is 0 Å². The number of hydrogen-bond donors (Lipinski definition) is 1. The van der Waals surface area contributed by atoms with Crippen molar-refractivity contribution < 1.29 is 4.92 Å². The van der Waals surface area contributed by atoms with E-state index in [2.05, 4.69) is 34.0 Å². The maximum Gasteiger partial charge on any atom is 0.270 e. The molecular formula is C20H27N5O2. The van der Waals surface area contributed by atoms with Crippen LogP contribution >= 0.6 is 0 Å². The van der Waals surface area contributed by atoms with Gasteiger partial charge in [-0.15, -0.1) is 0 Å². The van der Waals surface area contributed by atoms with Crippen molar-refractivity contribution >= 4 is 11.5 Å². The summed E-state index contributed by atoms with van der Waals surface area (Å²) in [5, 5.41) is 14.5. The van der Waals surface area contributed by atoms with Gasteiger partial charge in [-0.2, -0.15) is 0 Å². The van der Waals surface area contributed by atoms with Gasteiger partial charge in [-0.25, -0.2) is 9.97 Å². The van der Waals surface area contributed by atoms with Crippen molar-refractivity contribution in [3.05, 3.63) is 46.1 Å². The molecule has 1 fully saturated rings. The Morgan fingerprint density at radius 3 is 2.89 bits per heavy atom. The number of nitrogens with zero attached hydrogens (tertiary/aromatic N) is 4.